The first kappa shape index (κ1) is 17.4. The van der Waals surface area contributed by atoms with E-state index in [-0.39, 0.29) is 0 Å². The fraction of sp³-hybridized carbons (Fsp3) is 0.211. The molecule has 1 aliphatic rings. The van der Waals surface area contributed by atoms with Gasteiger partial charge in [-0.3, -0.25) is 0 Å². The first-order valence-electron chi connectivity index (χ1n) is 8.75. The fourth-order valence-electron chi connectivity index (χ4n) is 3.12. The van der Waals surface area contributed by atoms with E-state index in [1.165, 1.54) is 6.33 Å². The number of aromatic nitrogens is 3. The fourth-order valence-corrected chi connectivity index (χ4v) is 3.30. The predicted octanol–water partition coefficient (Wildman–Crippen LogP) is 3.18. The highest BCUT2D eigenvalue weighted by Gasteiger charge is 2.22. The maximum absolute atomic E-state index is 6.36. The molecule has 27 heavy (non-hydrogen) atoms. The van der Waals surface area contributed by atoms with Crippen molar-refractivity contribution in [3.05, 3.63) is 60.0 Å². The van der Waals surface area contributed by atoms with E-state index in [1.54, 1.807) is 0 Å². The number of hydrogen-bond acceptors (Lipinski definition) is 7. The summed E-state index contributed by atoms with van der Waals surface area (Å²) in [4.78, 5) is 17.5. The van der Waals surface area contributed by atoms with Gasteiger partial charge in [-0.25, -0.2) is 15.0 Å². The lowest BCUT2D eigenvalue weighted by atomic mass is 10.2. The first-order chi connectivity index (χ1) is 13.2. The van der Waals surface area contributed by atoms with Gasteiger partial charge in [0.25, 0.3) is 0 Å². The van der Waals surface area contributed by atoms with Crippen molar-refractivity contribution < 1.29 is 0 Å². The molecule has 3 heterocycles. The molecular formula is C19H20ClN7. The van der Waals surface area contributed by atoms with E-state index in [1.807, 2.05) is 48.7 Å². The summed E-state index contributed by atoms with van der Waals surface area (Å²) in [6.45, 7) is 3.33. The summed E-state index contributed by atoms with van der Waals surface area (Å²) in [5.41, 5.74) is 7.64. The molecule has 8 heteroatoms. The third-order valence-electron chi connectivity index (χ3n) is 4.54. The number of benzene rings is 1. The van der Waals surface area contributed by atoms with Gasteiger partial charge in [0.05, 0.1) is 10.7 Å². The maximum atomic E-state index is 6.36. The van der Waals surface area contributed by atoms with Gasteiger partial charge < -0.3 is 20.9 Å². The van der Waals surface area contributed by atoms with Crippen LogP contribution in [0.1, 0.15) is 0 Å². The molecule has 1 aliphatic heterocycles. The van der Waals surface area contributed by atoms with Crippen LogP contribution in [0.15, 0.2) is 55.0 Å². The van der Waals surface area contributed by atoms with E-state index in [9.17, 15) is 0 Å². The molecule has 138 valence electrons. The zero-order chi connectivity index (χ0) is 18.6. The average molecular weight is 382 g/mol. The lowest BCUT2D eigenvalue weighted by Crippen LogP contribution is -2.47. The number of rotatable bonds is 4. The van der Waals surface area contributed by atoms with Crippen molar-refractivity contribution in [1.29, 1.82) is 0 Å². The molecule has 0 aliphatic carbocycles. The topological polar surface area (TPSA) is 83.2 Å². The molecule has 0 radical (unpaired) electrons. The number of nitrogens with zero attached hydrogens (tertiary/aromatic N) is 5. The zero-order valence-electron chi connectivity index (χ0n) is 14.7. The minimum atomic E-state index is 0.517. The largest absolute Gasteiger partial charge is 0.393 e. The van der Waals surface area contributed by atoms with Crippen LogP contribution in [0.4, 0.5) is 28.8 Å². The number of nitrogen functional groups attached to an aromatic ring is 1. The Kier molecular flexibility index (Phi) is 4.93. The van der Waals surface area contributed by atoms with Crippen molar-refractivity contribution in [2.75, 3.05) is 47.0 Å². The standard InChI is InChI=1S/C19H20ClN7/c20-14-5-1-2-6-15(14)25-18-17(21)19(24-13-23-18)27-11-9-26(10-12-27)16-7-3-4-8-22-16/h1-8,13H,9-12,21H2,(H,23,24,25). The SMILES string of the molecule is Nc1c(Nc2ccccc2Cl)ncnc1N1CCN(c2ccccn2)CC1. The van der Waals surface area contributed by atoms with Crippen LogP contribution in [-0.4, -0.2) is 41.1 Å². The van der Waals surface area contributed by atoms with E-state index in [2.05, 4.69) is 30.1 Å². The second kappa shape index (κ2) is 7.67. The molecule has 0 bridgehead atoms. The van der Waals surface area contributed by atoms with Crippen molar-refractivity contribution in [1.82, 2.24) is 15.0 Å². The second-order valence-electron chi connectivity index (χ2n) is 6.23. The Morgan fingerprint density at radius 2 is 1.63 bits per heavy atom. The van der Waals surface area contributed by atoms with Gasteiger partial charge in [-0.15, -0.1) is 0 Å². The molecule has 3 N–H and O–H groups in total. The second-order valence-corrected chi connectivity index (χ2v) is 6.63. The van der Waals surface area contributed by atoms with Gasteiger partial charge in [0.1, 0.15) is 17.8 Å². The minimum absolute atomic E-state index is 0.517. The van der Waals surface area contributed by atoms with Gasteiger partial charge in [-0.1, -0.05) is 29.8 Å². The summed E-state index contributed by atoms with van der Waals surface area (Å²) in [6.07, 6.45) is 3.34. The lowest BCUT2D eigenvalue weighted by molar-refractivity contribution is 0.642. The summed E-state index contributed by atoms with van der Waals surface area (Å²) in [5, 5.41) is 3.81. The third kappa shape index (κ3) is 3.73. The third-order valence-corrected chi connectivity index (χ3v) is 4.87. The van der Waals surface area contributed by atoms with Crippen molar-refractivity contribution in [3.8, 4) is 0 Å². The molecule has 1 fully saturated rings. The highest BCUT2D eigenvalue weighted by Crippen LogP contribution is 2.31. The Labute approximate surface area is 162 Å². The Morgan fingerprint density at radius 3 is 2.37 bits per heavy atom. The molecule has 7 nitrogen and oxygen atoms in total. The van der Waals surface area contributed by atoms with Crippen molar-refractivity contribution in [2.24, 2.45) is 0 Å². The minimum Gasteiger partial charge on any atom is -0.393 e. The Hall–Kier alpha value is -3.06. The molecule has 1 saturated heterocycles. The number of halogens is 1. The zero-order valence-corrected chi connectivity index (χ0v) is 15.5. The van der Waals surface area contributed by atoms with E-state index < -0.39 is 0 Å². The van der Waals surface area contributed by atoms with Crippen molar-refractivity contribution >= 4 is 40.4 Å². The molecule has 0 saturated carbocycles. The normalized spacial score (nSPS) is 14.3. The van der Waals surface area contributed by atoms with Crippen LogP contribution in [0.25, 0.3) is 0 Å². The summed E-state index contributed by atoms with van der Waals surface area (Å²) < 4.78 is 0. The molecule has 2 aromatic heterocycles. The summed E-state index contributed by atoms with van der Waals surface area (Å²) in [6, 6.07) is 13.4. The van der Waals surface area contributed by atoms with Crippen molar-refractivity contribution in [2.45, 2.75) is 0 Å². The number of nitrogens with two attached hydrogens (primary N) is 1. The smallest absolute Gasteiger partial charge is 0.159 e. The molecule has 1 aromatic carbocycles. The van der Waals surface area contributed by atoms with Gasteiger partial charge >= 0.3 is 0 Å². The van der Waals surface area contributed by atoms with Gasteiger partial charge in [-0.05, 0) is 24.3 Å². The van der Waals surface area contributed by atoms with Crippen molar-refractivity contribution in [3.63, 3.8) is 0 Å². The number of para-hydroxylation sites is 1. The number of hydrogen-bond donors (Lipinski definition) is 2. The highest BCUT2D eigenvalue weighted by atomic mass is 35.5. The maximum Gasteiger partial charge on any atom is 0.159 e. The van der Waals surface area contributed by atoms with Gasteiger partial charge in [0, 0.05) is 32.4 Å². The molecule has 0 spiro atoms. The Bertz CT molecular complexity index is 911. The molecule has 3 aromatic rings. The van der Waals surface area contributed by atoms with E-state index in [0.29, 0.717) is 16.5 Å². The van der Waals surface area contributed by atoms with Gasteiger partial charge in [0.2, 0.25) is 0 Å². The predicted molar refractivity (Wildman–Crippen MR) is 110 cm³/mol. The highest BCUT2D eigenvalue weighted by molar-refractivity contribution is 6.33. The number of pyridine rings is 1. The quantitative estimate of drug-likeness (QED) is 0.718. The van der Waals surface area contributed by atoms with Gasteiger partial charge in [0.15, 0.2) is 11.6 Å². The van der Waals surface area contributed by atoms with Crippen LogP contribution in [-0.2, 0) is 0 Å². The molecule has 0 amide bonds. The van der Waals surface area contributed by atoms with Gasteiger partial charge in [-0.2, -0.15) is 0 Å². The van der Waals surface area contributed by atoms with E-state index in [0.717, 1.165) is 43.5 Å². The van der Waals surface area contributed by atoms with Crippen LogP contribution in [0, 0.1) is 0 Å². The van der Waals surface area contributed by atoms with Crippen LogP contribution in [0.5, 0.6) is 0 Å². The molecule has 4 rings (SSSR count). The first-order valence-corrected chi connectivity index (χ1v) is 9.13. The molecular weight excluding hydrogens is 362 g/mol. The molecule has 0 atom stereocenters. The Morgan fingerprint density at radius 1 is 0.889 bits per heavy atom. The van der Waals surface area contributed by atoms with E-state index in [4.69, 9.17) is 17.3 Å². The lowest BCUT2D eigenvalue weighted by Gasteiger charge is -2.36. The Balaban J connectivity index is 1.49. The van der Waals surface area contributed by atoms with Crippen LogP contribution in [0.2, 0.25) is 5.02 Å². The van der Waals surface area contributed by atoms with Crippen LogP contribution >= 0.6 is 11.6 Å². The summed E-state index contributed by atoms with van der Waals surface area (Å²) in [5.74, 6) is 2.29. The number of nitrogens with one attached hydrogen (secondary N) is 1. The van der Waals surface area contributed by atoms with Crippen LogP contribution < -0.4 is 20.9 Å². The monoisotopic (exact) mass is 381 g/mol. The number of piperazine rings is 1. The number of anilines is 5. The summed E-state index contributed by atoms with van der Waals surface area (Å²) in [7, 11) is 0. The van der Waals surface area contributed by atoms with Crippen LogP contribution in [0.3, 0.4) is 0 Å². The van der Waals surface area contributed by atoms with E-state index >= 15 is 0 Å². The summed E-state index contributed by atoms with van der Waals surface area (Å²) >= 11 is 6.22. The average Bonchev–Trinajstić information content (AvgIpc) is 2.72. The molecule has 0 unspecified atom stereocenters.